The monoisotopic (exact) mass is 443 g/mol. The highest BCUT2D eigenvalue weighted by atomic mass is 16.4. The first-order chi connectivity index (χ1) is 14.3. The fraction of sp³-hybridized carbons (Fsp3) is 0.737. The Balaban J connectivity index is 5.03. The summed E-state index contributed by atoms with van der Waals surface area (Å²) in [6.07, 6.45) is 1.17. The SMILES string of the molecule is CC(C)C[C@H](NC(=O)[C@@H](N)CCCNC(=N)N)C(=O)N[C@H](C(=O)NCC(=O)O)C(C)C. The summed E-state index contributed by atoms with van der Waals surface area (Å²) in [5.74, 6) is -3.25. The van der Waals surface area contributed by atoms with E-state index in [1.807, 2.05) is 13.8 Å². The molecule has 0 radical (unpaired) electrons. The molecule has 0 aromatic rings. The van der Waals surface area contributed by atoms with E-state index in [9.17, 15) is 19.2 Å². The third-order valence-electron chi connectivity index (χ3n) is 4.34. The Bertz CT molecular complexity index is 639. The number of nitrogens with one attached hydrogen (secondary N) is 5. The lowest BCUT2D eigenvalue weighted by Gasteiger charge is -2.26. The Hall–Kier alpha value is -2.89. The molecule has 0 saturated heterocycles. The number of amides is 3. The van der Waals surface area contributed by atoms with Gasteiger partial charge in [-0.2, -0.15) is 0 Å². The zero-order valence-electron chi connectivity index (χ0n) is 18.7. The van der Waals surface area contributed by atoms with E-state index in [2.05, 4.69) is 21.3 Å². The predicted octanol–water partition coefficient (Wildman–Crippen LogP) is -1.55. The second-order valence-corrected chi connectivity index (χ2v) is 8.12. The van der Waals surface area contributed by atoms with Gasteiger partial charge in [0.25, 0.3) is 0 Å². The molecule has 12 heteroatoms. The summed E-state index contributed by atoms with van der Waals surface area (Å²) in [5.41, 5.74) is 11.1. The topological polar surface area (TPSA) is 213 Å². The van der Waals surface area contributed by atoms with Crippen molar-refractivity contribution in [3.8, 4) is 0 Å². The van der Waals surface area contributed by atoms with E-state index >= 15 is 0 Å². The van der Waals surface area contributed by atoms with Gasteiger partial charge in [0.05, 0.1) is 6.04 Å². The van der Waals surface area contributed by atoms with Crippen molar-refractivity contribution in [1.82, 2.24) is 21.3 Å². The normalized spacial score (nSPS) is 13.8. The quantitative estimate of drug-likeness (QED) is 0.0891. The zero-order valence-corrected chi connectivity index (χ0v) is 18.7. The molecule has 178 valence electrons. The van der Waals surface area contributed by atoms with Crippen LogP contribution in [0.5, 0.6) is 0 Å². The van der Waals surface area contributed by atoms with Crippen LogP contribution in [0.15, 0.2) is 0 Å². The van der Waals surface area contributed by atoms with Crippen LogP contribution in [0.4, 0.5) is 0 Å². The average molecular weight is 444 g/mol. The maximum atomic E-state index is 12.8. The van der Waals surface area contributed by atoms with E-state index in [0.29, 0.717) is 25.8 Å². The van der Waals surface area contributed by atoms with Gasteiger partial charge in [0, 0.05) is 6.54 Å². The Morgan fingerprint density at radius 2 is 1.58 bits per heavy atom. The van der Waals surface area contributed by atoms with Crippen LogP contribution in [0.1, 0.15) is 47.0 Å². The largest absolute Gasteiger partial charge is 0.480 e. The maximum Gasteiger partial charge on any atom is 0.322 e. The van der Waals surface area contributed by atoms with Crippen molar-refractivity contribution in [2.75, 3.05) is 13.1 Å². The third kappa shape index (κ3) is 12.4. The van der Waals surface area contributed by atoms with Crippen molar-refractivity contribution in [3.05, 3.63) is 0 Å². The summed E-state index contributed by atoms with van der Waals surface area (Å²) in [4.78, 5) is 48.2. The van der Waals surface area contributed by atoms with E-state index < -0.39 is 48.4 Å². The number of hydrogen-bond donors (Lipinski definition) is 8. The third-order valence-corrected chi connectivity index (χ3v) is 4.34. The minimum atomic E-state index is -1.19. The van der Waals surface area contributed by atoms with Gasteiger partial charge in [0.15, 0.2) is 5.96 Å². The smallest absolute Gasteiger partial charge is 0.322 e. The molecule has 10 N–H and O–H groups in total. The van der Waals surface area contributed by atoms with Crippen LogP contribution < -0.4 is 32.7 Å². The van der Waals surface area contributed by atoms with E-state index in [1.54, 1.807) is 13.8 Å². The first kappa shape index (κ1) is 28.1. The summed E-state index contributed by atoms with van der Waals surface area (Å²) < 4.78 is 0. The highest BCUT2D eigenvalue weighted by molar-refractivity contribution is 5.93. The predicted molar refractivity (Wildman–Crippen MR) is 116 cm³/mol. The number of carboxylic acids is 1. The van der Waals surface area contributed by atoms with Gasteiger partial charge in [-0.3, -0.25) is 24.6 Å². The molecule has 0 aliphatic heterocycles. The number of guanidine groups is 1. The molecule has 0 fully saturated rings. The molecule has 12 nitrogen and oxygen atoms in total. The molecule has 0 aromatic heterocycles. The summed E-state index contributed by atoms with van der Waals surface area (Å²) in [7, 11) is 0. The lowest BCUT2D eigenvalue weighted by molar-refractivity contribution is -0.139. The standard InChI is InChI=1S/C19H37N7O5/c1-10(2)8-13(25-16(29)12(20)6-5-7-23-19(21)22)17(30)26-15(11(3)4)18(31)24-9-14(27)28/h10-13,15H,5-9,20H2,1-4H3,(H,24,31)(H,25,29)(H,26,30)(H,27,28)(H4,21,22,23)/t12-,13-,15-/m0/s1. The van der Waals surface area contributed by atoms with Gasteiger partial charge in [0.1, 0.15) is 18.6 Å². The van der Waals surface area contributed by atoms with Gasteiger partial charge in [-0.05, 0) is 31.1 Å². The number of rotatable bonds is 14. The number of carboxylic acid groups (broad SMARTS) is 1. The van der Waals surface area contributed by atoms with Crippen LogP contribution >= 0.6 is 0 Å². The Morgan fingerprint density at radius 1 is 0.968 bits per heavy atom. The molecule has 0 spiro atoms. The molecule has 0 saturated carbocycles. The summed E-state index contributed by atoms with van der Waals surface area (Å²) in [5, 5.41) is 25.9. The van der Waals surface area contributed by atoms with Gasteiger partial charge in [0.2, 0.25) is 17.7 Å². The van der Waals surface area contributed by atoms with Crippen molar-refractivity contribution in [2.24, 2.45) is 23.3 Å². The van der Waals surface area contributed by atoms with Crippen LogP contribution in [0.3, 0.4) is 0 Å². The Morgan fingerprint density at radius 3 is 2.06 bits per heavy atom. The van der Waals surface area contributed by atoms with Gasteiger partial charge in [-0.15, -0.1) is 0 Å². The van der Waals surface area contributed by atoms with Crippen LogP contribution in [0.25, 0.3) is 0 Å². The molecule has 0 rings (SSSR count). The van der Waals surface area contributed by atoms with Crippen LogP contribution in [0, 0.1) is 17.2 Å². The van der Waals surface area contributed by atoms with Crippen molar-refractivity contribution < 1.29 is 24.3 Å². The van der Waals surface area contributed by atoms with E-state index in [4.69, 9.17) is 22.0 Å². The number of hydrogen-bond acceptors (Lipinski definition) is 6. The first-order valence-corrected chi connectivity index (χ1v) is 10.3. The van der Waals surface area contributed by atoms with Gasteiger partial charge in [-0.25, -0.2) is 0 Å². The minimum absolute atomic E-state index is 0.0744. The zero-order chi connectivity index (χ0) is 24.1. The summed E-state index contributed by atoms with van der Waals surface area (Å²) >= 11 is 0. The van der Waals surface area contributed by atoms with Crippen molar-refractivity contribution >= 4 is 29.7 Å². The summed E-state index contributed by atoms with van der Waals surface area (Å²) in [6, 6.07) is -2.71. The van der Waals surface area contributed by atoms with E-state index in [0.717, 1.165) is 0 Å². The molecule has 0 aliphatic rings. The fourth-order valence-corrected chi connectivity index (χ4v) is 2.72. The average Bonchev–Trinajstić information content (AvgIpc) is 2.65. The molecule has 3 atom stereocenters. The van der Waals surface area contributed by atoms with Crippen molar-refractivity contribution in [1.29, 1.82) is 5.41 Å². The molecular formula is C19H37N7O5. The first-order valence-electron chi connectivity index (χ1n) is 10.3. The van der Waals surface area contributed by atoms with Crippen LogP contribution in [-0.2, 0) is 19.2 Å². The van der Waals surface area contributed by atoms with Crippen LogP contribution in [0.2, 0.25) is 0 Å². The molecule has 0 heterocycles. The lowest BCUT2D eigenvalue weighted by atomic mass is 9.99. The molecule has 0 bridgehead atoms. The minimum Gasteiger partial charge on any atom is -0.480 e. The molecular weight excluding hydrogens is 406 g/mol. The fourth-order valence-electron chi connectivity index (χ4n) is 2.72. The Labute approximate surface area is 182 Å². The lowest BCUT2D eigenvalue weighted by Crippen LogP contribution is -2.57. The highest BCUT2D eigenvalue weighted by Gasteiger charge is 2.30. The molecule has 31 heavy (non-hydrogen) atoms. The molecule has 0 unspecified atom stereocenters. The van der Waals surface area contributed by atoms with Gasteiger partial charge < -0.3 is 37.8 Å². The number of carbonyl (C=O) groups excluding carboxylic acids is 3. The van der Waals surface area contributed by atoms with E-state index in [1.165, 1.54) is 0 Å². The van der Waals surface area contributed by atoms with Gasteiger partial charge in [-0.1, -0.05) is 27.7 Å². The van der Waals surface area contributed by atoms with Crippen molar-refractivity contribution in [3.63, 3.8) is 0 Å². The number of aliphatic carboxylic acids is 1. The molecule has 0 aromatic carbocycles. The van der Waals surface area contributed by atoms with Crippen LogP contribution in [-0.4, -0.2) is 66.0 Å². The molecule has 3 amide bonds. The highest BCUT2D eigenvalue weighted by Crippen LogP contribution is 2.09. The Kier molecular flexibility index (Phi) is 12.9. The molecule has 0 aliphatic carbocycles. The van der Waals surface area contributed by atoms with Crippen molar-refractivity contribution in [2.45, 2.75) is 65.1 Å². The number of carbonyl (C=O) groups is 4. The van der Waals surface area contributed by atoms with Gasteiger partial charge >= 0.3 is 5.97 Å². The summed E-state index contributed by atoms with van der Waals surface area (Å²) in [6.45, 7) is 7.04. The second-order valence-electron chi connectivity index (χ2n) is 8.12. The second kappa shape index (κ2) is 14.2. The maximum absolute atomic E-state index is 12.8. The van der Waals surface area contributed by atoms with E-state index in [-0.39, 0.29) is 17.8 Å². The number of nitrogens with two attached hydrogens (primary N) is 2.